The van der Waals surface area contributed by atoms with Gasteiger partial charge in [0.15, 0.2) is 0 Å². The van der Waals surface area contributed by atoms with Crippen molar-refractivity contribution in [2.75, 3.05) is 0 Å². The van der Waals surface area contributed by atoms with E-state index in [0.29, 0.717) is 22.2 Å². The number of benzene rings is 1. The van der Waals surface area contributed by atoms with Crippen molar-refractivity contribution in [1.29, 1.82) is 0 Å². The van der Waals surface area contributed by atoms with Gasteiger partial charge in [-0.05, 0) is 30.7 Å². The first kappa shape index (κ1) is 15.1. The highest BCUT2D eigenvalue weighted by Gasteiger charge is 2.32. The molecule has 23 heavy (non-hydrogen) atoms. The smallest absolute Gasteiger partial charge is 0.351 e. The quantitative estimate of drug-likeness (QED) is 0.776. The van der Waals surface area contributed by atoms with Crippen molar-refractivity contribution in [3.63, 3.8) is 0 Å². The van der Waals surface area contributed by atoms with Crippen molar-refractivity contribution in [3.8, 4) is 0 Å². The Balaban J connectivity index is 1.74. The van der Waals surface area contributed by atoms with Crippen LogP contribution in [0.5, 0.6) is 0 Å². The average molecular weight is 323 g/mol. The maximum absolute atomic E-state index is 12.7. The van der Waals surface area contributed by atoms with Gasteiger partial charge >= 0.3 is 6.18 Å². The topological polar surface area (TPSA) is 70.9 Å². The molecule has 2 N–H and O–H groups in total. The summed E-state index contributed by atoms with van der Waals surface area (Å²) in [4.78, 5) is 14.2. The Kier molecular flexibility index (Phi) is 3.59. The van der Waals surface area contributed by atoms with Crippen LogP contribution < -0.4 is 5.32 Å². The molecule has 1 amide bonds. The molecule has 3 aromatic rings. The molecule has 0 unspecified atom stereocenters. The molecule has 0 radical (unpaired) electrons. The molecule has 2 heterocycles. The van der Waals surface area contributed by atoms with Gasteiger partial charge in [-0.1, -0.05) is 11.2 Å². The highest BCUT2D eigenvalue weighted by Crippen LogP contribution is 2.31. The molecule has 0 saturated carbocycles. The summed E-state index contributed by atoms with van der Waals surface area (Å²) < 4.78 is 42.8. The van der Waals surface area contributed by atoms with Gasteiger partial charge in [-0.3, -0.25) is 4.79 Å². The molecule has 8 heteroatoms. The van der Waals surface area contributed by atoms with E-state index < -0.39 is 17.8 Å². The van der Waals surface area contributed by atoms with Crippen molar-refractivity contribution >= 4 is 16.8 Å². The lowest BCUT2D eigenvalue weighted by molar-refractivity contribution is -0.140. The third-order valence-electron chi connectivity index (χ3n) is 3.30. The number of nitrogens with zero attached hydrogens (tertiary/aromatic N) is 1. The van der Waals surface area contributed by atoms with Gasteiger partial charge in [-0.2, -0.15) is 13.2 Å². The van der Waals surface area contributed by atoms with Crippen molar-refractivity contribution in [2.24, 2.45) is 0 Å². The maximum Gasteiger partial charge on any atom is 0.431 e. The lowest BCUT2D eigenvalue weighted by Crippen LogP contribution is -2.22. The van der Waals surface area contributed by atoms with Gasteiger partial charge in [0.2, 0.25) is 5.76 Å². The summed E-state index contributed by atoms with van der Waals surface area (Å²) in [7, 11) is 0. The number of carbonyl (C=O) groups is 1. The summed E-state index contributed by atoms with van der Waals surface area (Å²) in [5.74, 6) is -0.347. The summed E-state index contributed by atoms with van der Waals surface area (Å²) in [5.41, 5.74) is 0.850. The molecule has 5 nitrogen and oxygen atoms in total. The second-order valence-electron chi connectivity index (χ2n) is 5.12. The molecule has 0 aliphatic heterocycles. The number of aromatic nitrogens is 2. The summed E-state index contributed by atoms with van der Waals surface area (Å²) in [6.07, 6.45) is -4.42. The minimum Gasteiger partial charge on any atom is -0.351 e. The number of hydrogen-bond acceptors (Lipinski definition) is 3. The minimum atomic E-state index is -4.42. The third kappa shape index (κ3) is 3.20. The zero-order valence-corrected chi connectivity index (χ0v) is 12.0. The first-order valence-corrected chi connectivity index (χ1v) is 6.73. The van der Waals surface area contributed by atoms with Crippen molar-refractivity contribution < 1.29 is 22.5 Å². The Hall–Kier alpha value is -2.77. The predicted molar refractivity (Wildman–Crippen MR) is 75.7 cm³/mol. The van der Waals surface area contributed by atoms with Gasteiger partial charge < -0.3 is 14.8 Å². The van der Waals surface area contributed by atoms with E-state index in [2.05, 4.69) is 15.5 Å². The summed E-state index contributed by atoms with van der Waals surface area (Å²) in [6.45, 7) is 1.86. The SMILES string of the molecule is Cc1cc(C(=O)NCc2ccc3[nH]c(C(F)(F)F)cc3c2)on1. The fraction of sp³-hybridized carbons (Fsp3) is 0.200. The van der Waals surface area contributed by atoms with E-state index in [1.807, 2.05) is 0 Å². The molecule has 0 saturated heterocycles. The summed E-state index contributed by atoms with van der Waals surface area (Å²) in [6, 6.07) is 7.32. The second-order valence-corrected chi connectivity index (χ2v) is 5.12. The number of aromatic amines is 1. The number of aryl methyl sites for hydroxylation is 1. The number of fused-ring (bicyclic) bond motifs is 1. The lowest BCUT2D eigenvalue weighted by Gasteiger charge is -2.03. The van der Waals surface area contributed by atoms with E-state index in [9.17, 15) is 18.0 Å². The normalized spacial score (nSPS) is 11.8. The van der Waals surface area contributed by atoms with Gasteiger partial charge in [0.25, 0.3) is 5.91 Å². The number of rotatable bonds is 3. The van der Waals surface area contributed by atoms with Gasteiger partial charge in [0, 0.05) is 23.5 Å². The van der Waals surface area contributed by atoms with Crippen LogP contribution in [0.3, 0.4) is 0 Å². The lowest BCUT2D eigenvalue weighted by atomic mass is 10.1. The van der Waals surface area contributed by atoms with Gasteiger partial charge in [-0.25, -0.2) is 0 Å². The van der Waals surface area contributed by atoms with Crippen LogP contribution in [0.25, 0.3) is 10.9 Å². The van der Waals surface area contributed by atoms with Crippen LogP contribution in [0, 0.1) is 6.92 Å². The van der Waals surface area contributed by atoms with Crippen LogP contribution in [-0.4, -0.2) is 16.0 Å². The van der Waals surface area contributed by atoms with E-state index in [1.54, 1.807) is 25.1 Å². The van der Waals surface area contributed by atoms with E-state index in [4.69, 9.17) is 4.52 Å². The number of nitrogens with one attached hydrogen (secondary N) is 2. The molecule has 2 aromatic heterocycles. The number of amides is 1. The van der Waals surface area contributed by atoms with Crippen LogP contribution in [0.4, 0.5) is 13.2 Å². The van der Waals surface area contributed by atoms with Gasteiger partial charge in [-0.15, -0.1) is 0 Å². The zero-order chi connectivity index (χ0) is 16.6. The number of H-pyrrole nitrogens is 1. The number of alkyl halides is 3. The molecule has 0 bridgehead atoms. The molecule has 0 aliphatic carbocycles. The van der Waals surface area contributed by atoms with Crippen LogP contribution in [0.2, 0.25) is 0 Å². The molecule has 0 spiro atoms. The van der Waals surface area contributed by atoms with Crippen molar-refractivity contribution in [2.45, 2.75) is 19.6 Å². The molecular weight excluding hydrogens is 311 g/mol. The third-order valence-corrected chi connectivity index (χ3v) is 3.30. The number of carbonyl (C=O) groups excluding carboxylic acids is 1. The van der Waals surface area contributed by atoms with Gasteiger partial charge in [0.05, 0.1) is 5.69 Å². The Bertz CT molecular complexity index is 864. The van der Waals surface area contributed by atoms with Crippen LogP contribution >= 0.6 is 0 Å². The number of halogens is 3. The standard InChI is InChI=1S/C15H12F3N3O2/c1-8-4-12(23-21-8)14(22)19-7-9-2-3-11-10(5-9)6-13(20-11)15(16,17)18/h2-6,20H,7H2,1H3,(H,19,22). The van der Waals surface area contributed by atoms with E-state index in [-0.39, 0.29) is 12.3 Å². The van der Waals surface area contributed by atoms with E-state index >= 15 is 0 Å². The monoisotopic (exact) mass is 323 g/mol. The molecule has 0 fully saturated rings. The van der Waals surface area contributed by atoms with Gasteiger partial charge in [0.1, 0.15) is 5.69 Å². The largest absolute Gasteiger partial charge is 0.431 e. The fourth-order valence-corrected chi connectivity index (χ4v) is 2.18. The predicted octanol–water partition coefficient (Wildman–Crippen LogP) is 3.41. The second kappa shape index (κ2) is 5.45. The average Bonchev–Trinajstić information content (AvgIpc) is 3.09. The molecule has 3 rings (SSSR count). The summed E-state index contributed by atoms with van der Waals surface area (Å²) >= 11 is 0. The van der Waals surface area contributed by atoms with Crippen molar-refractivity contribution in [3.05, 3.63) is 53.0 Å². The van der Waals surface area contributed by atoms with E-state index in [1.165, 1.54) is 6.07 Å². The molecule has 0 aliphatic rings. The Morgan fingerprint density at radius 1 is 1.30 bits per heavy atom. The molecule has 1 aromatic carbocycles. The Morgan fingerprint density at radius 2 is 2.09 bits per heavy atom. The first-order chi connectivity index (χ1) is 10.8. The van der Waals surface area contributed by atoms with Crippen LogP contribution in [0.1, 0.15) is 27.5 Å². The van der Waals surface area contributed by atoms with Crippen LogP contribution in [-0.2, 0) is 12.7 Å². The molecular formula is C15H12F3N3O2. The first-order valence-electron chi connectivity index (χ1n) is 6.73. The summed E-state index contributed by atoms with van der Waals surface area (Å²) in [5, 5.41) is 6.67. The number of hydrogen-bond donors (Lipinski definition) is 2. The molecule has 0 atom stereocenters. The maximum atomic E-state index is 12.7. The zero-order valence-electron chi connectivity index (χ0n) is 12.0. The van der Waals surface area contributed by atoms with E-state index in [0.717, 1.165) is 6.07 Å². The highest BCUT2D eigenvalue weighted by atomic mass is 19.4. The highest BCUT2D eigenvalue weighted by molar-refractivity contribution is 5.91. The van der Waals surface area contributed by atoms with Crippen LogP contribution in [0.15, 0.2) is 34.9 Å². The Morgan fingerprint density at radius 3 is 2.74 bits per heavy atom. The minimum absolute atomic E-state index is 0.0876. The molecule has 120 valence electrons. The Labute approximate surface area is 128 Å². The van der Waals surface area contributed by atoms with Crippen molar-refractivity contribution in [1.82, 2.24) is 15.5 Å². The fourth-order valence-electron chi connectivity index (χ4n) is 2.18.